The van der Waals surface area contributed by atoms with Crippen LogP contribution in [0.2, 0.25) is 0 Å². The fraction of sp³-hybridized carbons (Fsp3) is 0.400. The summed E-state index contributed by atoms with van der Waals surface area (Å²) in [4.78, 5) is 9.70. The molecule has 0 aromatic heterocycles. The third-order valence-electron chi connectivity index (χ3n) is 2.05. The lowest BCUT2D eigenvalue weighted by molar-refractivity contribution is 0.192. The quantitative estimate of drug-likeness (QED) is 0.868. The molecule has 1 aromatic carbocycles. The van der Waals surface area contributed by atoms with Crippen LogP contribution in [0, 0.1) is 0 Å². The second kappa shape index (κ2) is 5.26. The van der Waals surface area contributed by atoms with E-state index in [9.17, 15) is 9.46 Å². The number of hydrogen-bond acceptors (Lipinski definition) is 2. The van der Waals surface area contributed by atoms with E-state index in [0.717, 1.165) is 4.47 Å². The lowest BCUT2D eigenvalue weighted by atomic mass is 10.3. The Kier molecular flexibility index (Phi) is 4.53. The molecule has 1 N–H and O–H groups in total. The average molecular weight is 293 g/mol. The number of rotatable bonds is 4. The highest BCUT2D eigenvalue weighted by atomic mass is 79.9. The zero-order chi connectivity index (χ0) is 11.5. The van der Waals surface area contributed by atoms with Gasteiger partial charge >= 0.3 is 7.60 Å². The molecule has 0 heterocycles. The highest BCUT2D eigenvalue weighted by Crippen LogP contribution is 2.42. The van der Waals surface area contributed by atoms with Crippen LogP contribution in [0.4, 0.5) is 0 Å². The molecule has 15 heavy (non-hydrogen) atoms. The van der Waals surface area contributed by atoms with Gasteiger partial charge in [-0.15, -0.1) is 0 Å². The Bertz CT molecular complexity index is 363. The maximum absolute atomic E-state index is 11.8. The van der Waals surface area contributed by atoms with Gasteiger partial charge < -0.3 is 9.42 Å². The predicted molar refractivity (Wildman–Crippen MR) is 64.4 cm³/mol. The summed E-state index contributed by atoms with van der Waals surface area (Å²) in [6.07, 6.45) is 0.491. The summed E-state index contributed by atoms with van der Waals surface area (Å²) in [6, 6.07) is 6.62. The molecular formula is C10H14BrO3P. The third-order valence-corrected chi connectivity index (χ3v) is 4.18. The molecule has 0 radical (unpaired) electrons. The van der Waals surface area contributed by atoms with Crippen molar-refractivity contribution >= 4 is 28.8 Å². The number of benzene rings is 1. The molecule has 5 heteroatoms. The van der Waals surface area contributed by atoms with Gasteiger partial charge in [0.25, 0.3) is 0 Å². The van der Waals surface area contributed by atoms with E-state index in [2.05, 4.69) is 15.9 Å². The van der Waals surface area contributed by atoms with E-state index in [1.165, 1.54) is 0 Å². The van der Waals surface area contributed by atoms with Crippen LogP contribution < -0.4 is 5.30 Å². The Morgan fingerprint density at radius 1 is 1.47 bits per heavy atom. The van der Waals surface area contributed by atoms with Gasteiger partial charge in [0.2, 0.25) is 0 Å². The maximum atomic E-state index is 11.8. The summed E-state index contributed by atoms with van der Waals surface area (Å²) in [5, 5.41) is 0.325. The summed E-state index contributed by atoms with van der Waals surface area (Å²) in [6.45, 7) is 3.69. The van der Waals surface area contributed by atoms with Crippen molar-refractivity contribution in [1.82, 2.24) is 0 Å². The van der Waals surface area contributed by atoms with Gasteiger partial charge in [-0.2, -0.15) is 0 Å². The first-order chi connectivity index (χ1) is 6.95. The van der Waals surface area contributed by atoms with E-state index in [4.69, 9.17) is 4.52 Å². The first kappa shape index (κ1) is 12.9. The fourth-order valence-electron chi connectivity index (χ4n) is 1.01. The molecule has 0 aliphatic carbocycles. The van der Waals surface area contributed by atoms with Gasteiger partial charge in [-0.25, -0.2) is 0 Å². The molecule has 84 valence electrons. The highest BCUT2D eigenvalue weighted by molar-refractivity contribution is 9.10. The van der Waals surface area contributed by atoms with Crippen LogP contribution in [0.3, 0.4) is 0 Å². The fourth-order valence-corrected chi connectivity index (χ4v) is 2.56. The van der Waals surface area contributed by atoms with Crippen molar-refractivity contribution in [2.24, 2.45) is 0 Å². The largest absolute Gasteiger partial charge is 0.359 e. The molecule has 0 bridgehead atoms. The minimum Gasteiger partial charge on any atom is -0.321 e. The Morgan fingerprint density at radius 2 is 2.00 bits per heavy atom. The van der Waals surface area contributed by atoms with E-state index in [1.54, 1.807) is 31.2 Å². The van der Waals surface area contributed by atoms with Crippen LogP contribution in [-0.4, -0.2) is 11.0 Å². The van der Waals surface area contributed by atoms with Gasteiger partial charge in [0, 0.05) is 4.47 Å². The van der Waals surface area contributed by atoms with Crippen LogP contribution in [0.15, 0.2) is 28.7 Å². The topological polar surface area (TPSA) is 46.5 Å². The van der Waals surface area contributed by atoms with Crippen molar-refractivity contribution in [2.45, 2.75) is 26.4 Å². The minimum atomic E-state index is -3.66. The lowest BCUT2D eigenvalue weighted by Gasteiger charge is -2.16. The van der Waals surface area contributed by atoms with Crippen LogP contribution in [0.5, 0.6) is 0 Å². The van der Waals surface area contributed by atoms with Crippen molar-refractivity contribution in [1.29, 1.82) is 0 Å². The second-order valence-electron chi connectivity index (χ2n) is 3.32. The van der Waals surface area contributed by atoms with Gasteiger partial charge in [0.05, 0.1) is 11.4 Å². The van der Waals surface area contributed by atoms with Crippen molar-refractivity contribution in [3.05, 3.63) is 28.7 Å². The van der Waals surface area contributed by atoms with Crippen LogP contribution in [0.25, 0.3) is 0 Å². The van der Waals surface area contributed by atoms with Gasteiger partial charge in [-0.05, 0) is 37.6 Å². The van der Waals surface area contributed by atoms with E-state index in [1.807, 2.05) is 6.92 Å². The molecule has 0 fully saturated rings. The molecule has 0 aliphatic rings. The Labute approximate surface area is 98.1 Å². The van der Waals surface area contributed by atoms with Gasteiger partial charge in [0.1, 0.15) is 0 Å². The molecular weight excluding hydrogens is 279 g/mol. The Balaban J connectivity index is 2.86. The monoisotopic (exact) mass is 292 g/mol. The van der Waals surface area contributed by atoms with Crippen LogP contribution >= 0.6 is 23.5 Å². The molecule has 1 rings (SSSR count). The van der Waals surface area contributed by atoms with Gasteiger partial charge in [-0.3, -0.25) is 4.57 Å². The molecule has 0 saturated carbocycles. The smallest absolute Gasteiger partial charge is 0.321 e. The Hall–Kier alpha value is -0.150. The zero-order valence-electron chi connectivity index (χ0n) is 8.68. The van der Waals surface area contributed by atoms with Gasteiger partial charge in [-0.1, -0.05) is 22.9 Å². The summed E-state index contributed by atoms with van der Waals surface area (Å²) in [5.74, 6) is 0. The van der Waals surface area contributed by atoms with E-state index < -0.39 is 7.60 Å². The van der Waals surface area contributed by atoms with Crippen molar-refractivity contribution in [3.8, 4) is 0 Å². The molecule has 3 nitrogen and oxygen atoms in total. The molecule has 0 amide bonds. The molecule has 0 saturated heterocycles. The van der Waals surface area contributed by atoms with E-state index >= 15 is 0 Å². The van der Waals surface area contributed by atoms with Crippen molar-refractivity contribution < 1.29 is 14.0 Å². The maximum Gasteiger partial charge on any atom is 0.359 e. The first-order valence-electron chi connectivity index (χ1n) is 4.73. The summed E-state index contributed by atoms with van der Waals surface area (Å²) >= 11 is 3.26. The SMILES string of the molecule is CCC(C)OP(=O)(O)c1ccc(Br)cc1. The standard InChI is InChI=1S/C10H14BrO3P/c1-3-8(2)14-15(12,13)10-6-4-9(11)5-7-10/h4-8H,3H2,1-2H3,(H,12,13). The molecule has 2 unspecified atom stereocenters. The van der Waals surface area contributed by atoms with Crippen LogP contribution in [-0.2, 0) is 9.09 Å². The molecule has 0 aliphatic heterocycles. The molecule has 2 atom stereocenters. The van der Waals surface area contributed by atoms with Gasteiger partial charge in [0.15, 0.2) is 0 Å². The second-order valence-corrected chi connectivity index (χ2v) is 6.00. The van der Waals surface area contributed by atoms with Crippen LogP contribution in [0.1, 0.15) is 20.3 Å². The van der Waals surface area contributed by atoms with E-state index in [0.29, 0.717) is 11.7 Å². The normalized spacial score (nSPS) is 17.1. The average Bonchev–Trinajstić information content (AvgIpc) is 2.17. The number of hydrogen-bond donors (Lipinski definition) is 1. The summed E-state index contributed by atoms with van der Waals surface area (Å²) < 4.78 is 17.8. The van der Waals surface area contributed by atoms with Crippen molar-refractivity contribution in [2.75, 3.05) is 0 Å². The first-order valence-corrected chi connectivity index (χ1v) is 7.10. The molecule has 1 aromatic rings. The lowest BCUT2D eigenvalue weighted by Crippen LogP contribution is -2.12. The van der Waals surface area contributed by atoms with Crippen molar-refractivity contribution in [3.63, 3.8) is 0 Å². The molecule has 0 spiro atoms. The third kappa shape index (κ3) is 3.72. The highest BCUT2D eigenvalue weighted by Gasteiger charge is 2.24. The number of halogens is 1. The minimum absolute atomic E-state index is 0.218. The van der Waals surface area contributed by atoms with E-state index in [-0.39, 0.29) is 6.10 Å². The predicted octanol–water partition coefficient (Wildman–Crippen LogP) is 3.07. The zero-order valence-corrected chi connectivity index (χ0v) is 11.2. The Morgan fingerprint density at radius 3 is 2.47 bits per heavy atom. The summed E-state index contributed by atoms with van der Waals surface area (Å²) in [5.41, 5.74) is 0. The summed E-state index contributed by atoms with van der Waals surface area (Å²) in [7, 11) is -3.66.